The lowest BCUT2D eigenvalue weighted by Crippen LogP contribution is -2.38. The second-order valence-electron chi connectivity index (χ2n) is 5.66. The van der Waals surface area contributed by atoms with E-state index in [1.54, 1.807) is 0 Å². The Labute approximate surface area is 117 Å². The van der Waals surface area contributed by atoms with Gasteiger partial charge in [0.1, 0.15) is 0 Å². The SMILES string of the molecule is O=[N+]([O-])c1cccc(S(=O)(=O)N[C@@H]2C[C@H]3CC[C@@H]2C3)c1. The van der Waals surface area contributed by atoms with Gasteiger partial charge in [0.05, 0.1) is 9.82 Å². The highest BCUT2D eigenvalue weighted by molar-refractivity contribution is 7.89. The summed E-state index contributed by atoms with van der Waals surface area (Å²) in [5.41, 5.74) is -0.208. The third kappa shape index (κ3) is 2.43. The van der Waals surface area contributed by atoms with Gasteiger partial charge < -0.3 is 0 Å². The summed E-state index contributed by atoms with van der Waals surface area (Å²) in [5, 5.41) is 10.7. The lowest BCUT2D eigenvalue weighted by atomic mass is 9.96. The molecule has 3 atom stereocenters. The average Bonchev–Trinajstić information content (AvgIpc) is 3.00. The Morgan fingerprint density at radius 3 is 2.65 bits per heavy atom. The fourth-order valence-corrected chi connectivity index (χ4v) is 4.78. The molecule has 20 heavy (non-hydrogen) atoms. The third-order valence-corrected chi connectivity index (χ3v) is 5.87. The van der Waals surface area contributed by atoms with Crippen molar-refractivity contribution in [2.24, 2.45) is 11.8 Å². The fraction of sp³-hybridized carbons (Fsp3) is 0.538. The number of hydrogen-bond donors (Lipinski definition) is 1. The first-order valence-corrected chi connectivity index (χ1v) is 8.21. The largest absolute Gasteiger partial charge is 0.270 e. The van der Waals surface area contributed by atoms with Crippen molar-refractivity contribution in [2.45, 2.75) is 36.6 Å². The van der Waals surface area contributed by atoms with Crippen LogP contribution in [0, 0.1) is 22.0 Å². The van der Waals surface area contributed by atoms with E-state index in [9.17, 15) is 18.5 Å². The number of nitro groups is 1. The van der Waals surface area contributed by atoms with Crippen molar-refractivity contribution < 1.29 is 13.3 Å². The predicted octanol–water partition coefficient (Wildman–Crippen LogP) is 2.06. The van der Waals surface area contributed by atoms with E-state index in [1.165, 1.54) is 24.6 Å². The summed E-state index contributed by atoms with van der Waals surface area (Å²) in [6.45, 7) is 0. The molecule has 3 rings (SSSR count). The zero-order valence-electron chi connectivity index (χ0n) is 10.9. The summed E-state index contributed by atoms with van der Waals surface area (Å²) in [5.74, 6) is 1.06. The van der Waals surface area contributed by atoms with Gasteiger partial charge in [0.15, 0.2) is 0 Å². The van der Waals surface area contributed by atoms with Crippen LogP contribution in [0.15, 0.2) is 29.2 Å². The van der Waals surface area contributed by atoms with Crippen molar-refractivity contribution in [1.82, 2.24) is 4.72 Å². The van der Waals surface area contributed by atoms with Crippen LogP contribution in [0.5, 0.6) is 0 Å². The van der Waals surface area contributed by atoms with E-state index in [4.69, 9.17) is 0 Å². The standard InChI is InChI=1S/C13H16N2O4S/c16-15(17)11-2-1-3-12(8-11)20(18,19)14-13-7-9-4-5-10(13)6-9/h1-3,8-10,13-14H,4-7H2/t9-,10+,13+/m0/s1. The van der Waals surface area contributed by atoms with Gasteiger partial charge in [-0.05, 0) is 37.2 Å². The van der Waals surface area contributed by atoms with Crippen molar-refractivity contribution in [3.8, 4) is 0 Å². The number of hydrogen-bond acceptors (Lipinski definition) is 4. The Morgan fingerprint density at radius 1 is 1.25 bits per heavy atom. The van der Waals surface area contributed by atoms with Gasteiger partial charge in [-0.2, -0.15) is 0 Å². The van der Waals surface area contributed by atoms with Crippen molar-refractivity contribution in [3.05, 3.63) is 34.4 Å². The van der Waals surface area contributed by atoms with Gasteiger partial charge >= 0.3 is 0 Å². The molecule has 0 heterocycles. The number of nitrogens with zero attached hydrogens (tertiary/aromatic N) is 1. The third-order valence-electron chi connectivity index (χ3n) is 4.38. The van der Waals surface area contributed by atoms with Crippen LogP contribution >= 0.6 is 0 Å². The van der Waals surface area contributed by atoms with Crippen molar-refractivity contribution in [2.75, 3.05) is 0 Å². The lowest BCUT2D eigenvalue weighted by Gasteiger charge is -2.22. The maximum atomic E-state index is 12.3. The first-order valence-electron chi connectivity index (χ1n) is 6.72. The summed E-state index contributed by atoms with van der Waals surface area (Å²) in [4.78, 5) is 10.1. The number of nitrogens with one attached hydrogen (secondary N) is 1. The molecule has 0 aliphatic heterocycles. The highest BCUT2D eigenvalue weighted by atomic mass is 32.2. The van der Waals surface area contributed by atoms with E-state index in [1.807, 2.05) is 0 Å². The molecule has 1 aromatic rings. The first kappa shape index (κ1) is 13.5. The summed E-state index contributed by atoms with van der Waals surface area (Å²) in [7, 11) is -3.68. The molecule has 7 heteroatoms. The molecule has 0 unspecified atom stereocenters. The molecule has 2 aliphatic carbocycles. The Kier molecular flexibility index (Phi) is 3.25. The molecule has 0 radical (unpaired) electrons. The molecular formula is C13H16N2O4S. The molecule has 6 nitrogen and oxygen atoms in total. The number of fused-ring (bicyclic) bond motifs is 2. The minimum Gasteiger partial charge on any atom is -0.258 e. The highest BCUT2D eigenvalue weighted by Crippen LogP contribution is 2.44. The van der Waals surface area contributed by atoms with Gasteiger partial charge in [0.25, 0.3) is 5.69 Å². The Morgan fingerprint density at radius 2 is 2.05 bits per heavy atom. The molecule has 2 saturated carbocycles. The van der Waals surface area contributed by atoms with Crippen LogP contribution in [0.3, 0.4) is 0 Å². The van der Waals surface area contributed by atoms with Crippen LogP contribution in [0.4, 0.5) is 5.69 Å². The minimum absolute atomic E-state index is 0.0157. The number of rotatable bonds is 4. The molecule has 0 aromatic heterocycles. The van der Waals surface area contributed by atoms with Crippen LogP contribution in [-0.4, -0.2) is 19.4 Å². The maximum Gasteiger partial charge on any atom is 0.270 e. The molecule has 108 valence electrons. The lowest BCUT2D eigenvalue weighted by molar-refractivity contribution is -0.385. The van der Waals surface area contributed by atoms with Crippen molar-refractivity contribution >= 4 is 15.7 Å². The van der Waals surface area contributed by atoms with Crippen molar-refractivity contribution in [3.63, 3.8) is 0 Å². The first-order chi connectivity index (χ1) is 9.45. The molecular weight excluding hydrogens is 280 g/mol. The molecule has 2 aliphatic rings. The van der Waals surface area contributed by atoms with Gasteiger partial charge in [-0.1, -0.05) is 12.5 Å². The summed E-state index contributed by atoms with van der Waals surface area (Å²) in [6.07, 6.45) is 4.26. The summed E-state index contributed by atoms with van der Waals surface area (Å²) < 4.78 is 27.3. The van der Waals surface area contributed by atoms with Gasteiger partial charge in [0.2, 0.25) is 10.0 Å². The Hall–Kier alpha value is -1.47. The van der Waals surface area contributed by atoms with Crippen LogP contribution in [0.2, 0.25) is 0 Å². The van der Waals surface area contributed by atoms with E-state index >= 15 is 0 Å². The molecule has 1 N–H and O–H groups in total. The van der Waals surface area contributed by atoms with Crippen LogP contribution < -0.4 is 4.72 Å². The van der Waals surface area contributed by atoms with Crippen LogP contribution in [-0.2, 0) is 10.0 Å². The zero-order chi connectivity index (χ0) is 14.3. The maximum absolute atomic E-state index is 12.3. The molecule has 1 aromatic carbocycles. The molecule has 0 spiro atoms. The Balaban J connectivity index is 1.81. The van der Waals surface area contributed by atoms with E-state index in [0.29, 0.717) is 11.8 Å². The second-order valence-corrected chi connectivity index (χ2v) is 7.37. The zero-order valence-corrected chi connectivity index (χ0v) is 11.7. The highest BCUT2D eigenvalue weighted by Gasteiger charge is 2.41. The molecule has 0 saturated heterocycles. The van der Waals surface area contributed by atoms with E-state index in [-0.39, 0.29) is 16.6 Å². The number of non-ortho nitro benzene ring substituents is 1. The minimum atomic E-state index is -3.68. The summed E-state index contributed by atoms with van der Waals surface area (Å²) in [6, 6.07) is 5.17. The van der Waals surface area contributed by atoms with Crippen LogP contribution in [0.25, 0.3) is 0 Å². The Bertz CT molecular complexity index is 644. The van der Waals surface area contributed by atoms with Crippen LogP contribution in [0.1, 0.15) is 25.7 Å². The number of nitro benzene ring substituents is 1. The average molecular weight is 296 g/mol. The van der Waals surface area contributed by atoms with Gasteiger partial charge in [-0.25, -0.2) is 13.1 Å². The molecule has 2 fully saturated rings. The van der Waals surface area contributed by atoms with Gasteiger partial charge in [-0.15, -0.1) is 0 Å². The van der Waals surface area contributed by atoms with Gasteiger partial charge in [0, 0.05) is 18.2 Å². The van der Waals surface area contributed by atoms with E-state index in [2.05, 4.69) is 4.72 Å². The summed E-state index contributed by atoms with van der Waals surface area (Å²) >= 11 is 0. The number of sulfonamides is 1. The quantitative estimate of drug-likeness (QED) is 0.680. The predicted molar refractivity (Wildman–Crippen MR) is 72.7 cm³/mol. The van der Waals surface area contributed by atoms with E-state index in [0.717, 1.165) is 25.3 Å². The second kappa shape index (κ2) is 4.82. The fourth-order valence-electron chi connectivity index (χ4n) is 3.42. The smallest absolute Gasteiger partial charge is 0.258 e. The van der Waals surface area contributed by atoms with E-state index < -0.39 is 14.9 Å². The topological polar surface area (TPSA) is 89.3 Å². The monoisotopic (exact) mass is 296 g/mol. The molecule has 0 amide bonds. The molecule has 2 bridgehead atoms. The van der Waals surface area contributed by atoms with Gasteiger partial charge in [-0.3, -0.25) is 10.1 Å². The van der Waals surface area contributed by atoms with Crippen molar-refractivity contribution in [1.29, 1.82) is 0 Å². The number of benzene rings is 1. The normalized spacial score (nSPS) is 28.7.